The van der Waals surface area contributed by atoms with Gasteiger partial charge in [-0.25, -0.2) is 8.78 Å². The number of carbonyl (C=O) groups is 1. The normalized spacial score (nSPS) is 10.1. The Hall–Kier alpha value is -1.96. The summed E-state index contributed by atoms with van der Waals surface area (Å²) in [5.41, 5.74) is -0.383. The van der Waals surface area contributed by atoms with Gasteiger partial charge in [0.2, 0.25) is 0 Å². The molecule has 1 aromatic carbocycles. The summed E-state index contributed by atoms with van der Waals surface area (Å²) in [6, 6.07) is 4.09. The second-order valence-electron chi connectivity index (χ2n) is 3.34. The van der Waals surface area contributed by atoms with Gasteiger partial charge >= 0.3 is 0 Å². The predicted octanol–water partition coefficient (Wildman–Crippen LogP) is 3.10. The van der Waals surface area contributed by atoms with Gasteiger partial charge in [-0.2, -0.15) is 5.26 Å². The molecule has 0 amide bonds. The molecular weight excluding hydrogens is 228 g/mol. The minimum absolute atomic E-state index is 0.0464. The summed E-state index contributed by atoms with van der Waals surface area (Å²) >= 11 is 0. The summed E-state index contributed by atoms with van der Waals surface area (Å²) in [5, 5.41) is 8.87. The predicted molar refractivity (Wildman–Crippen MR) is 57.3 cm³/mol. The Kier molecular flexibility index (Phi) is 4.16. The van der Waals surface area contributed by atoms with E-state index in [0.717, 1.165) is 6.07 Å². The lowest BCUT2D eigenvalue weighted by Gasteiger charge is -2.12. The average Bonchev–Trinajstić information content (AvgIpc) is 2.28. The lowest BCUT2D eigenvalue weighted by atomic mass is 10.0. The van der Waals surface area contributed by atoms with E-state index in [1.165, 1.54) is 13.0 Å². The molecule has 0 aliphatic rings. The van der Waals surface area contributed by atoms with Crippen molar-refractivity contribution in [2.45, 2.75) is 20.3 Å². The van der Waals surface area contributed by atoms with Crippen LogP contribution < -0.4 is 4.74 Å². The van der Waals surface area contributed by atoms with Crippen LogP contribution in [0.5, 0.6) is 5.75 Å². The van der Waals surface area contributed by atoms with Crippen molar-refractivity contribution >= 4 is 5.78 Å². The molecule has 17 heavy (non-hydrogen) atoms. The zero-order valence-electron chi connectivity index (χ0n) is 9.46. The van der Waals surface area contributed by atoms with Crippen molar-refractivity contribution in [1.82, 2.24) is 0 Å². The van der Waals surface area contributed by atoms with Gasteiger partial charge in [0, 0.05) is 5.56 Å². The molecule has 5 heteroatoms. The molecule has 3 nitrogen and oxygen atoms in total. The lowest BCUT2D eigenvalue weighted by Crippen LogP contribution is -2.03. The molecular formula is C12H11F2NO2. The number of carbonyl (C=O) groups excluding carboxylic acids is 1. The van der Waals surface area contributed by atoms with Gasteiger partial charge in [-0.15, -0.1) is 0 Å². The van der Waals surface area contributed by atoms with Crippen LogP contribution in [0, 0.1) is 11.3 Å². The molecule has 0 saturated heterocycles. The van der Waals surface area contributed by atoms with Gasteiger partial charge in [-0.05, 0) is 26.0 Å². The van der Waals surface area contributed by atoms with Crippen molar-refractivity contribution < 1.29 is 18.3 Å². The second-order valence-corrected chi connectivity index (χ2v) is 3.34. The fraction of sp³-hybridized carbons (Fsp3) is 0.333. The first-order valence-electron chi connectivity index (χ1n) is 5.01. The van der Waals surface area contributed by atoms with Crippen LogP contribution in [-0.4, -0.2) is 12.4 Å². The number of alkyl halides is 2. The van der Waals surface area contributed by atoms with Gasteiger partial charge in [0.25, 0.3) is 6.43 Å². The van der Waals surface area contributed by atoms with Crippen LogP contribution in [0.25, 0.3) is 0 Å². The zero-order chi connectivity index (χ0) is 13.0. The van der Waals surface area contributed by atoms with E-state index < -0.39 is 12.0 Å². The minimum atomic E-state index is -2.79. The average molecular weight is 239 g/mol. The molecule has 0 spiro atoms. The molecule has 0 aromatic heterocycles. The summed E-state index contributed by atoms with van der Waals surface area (Å²) in [5.74, 6) is -0.513. The number of rotatable bonds is 4. The summed E-state index contributed by atoms with van der Waals surface area (Å²) in [6.07, 6.45) is -2.79. The van der Waals surface area contributed by atoms with Crippen LogP contribution in [0.2, 0.25) is 0 Å². The van der Waals surface area contributed by atoms with E-state index >= 15 is 0 Å². The molecule has 0 N–H and O–H groups in total. The highest BCUT2D eigenvalue weighted by Crippen LogP contribution is 2.33. The van der Waals surface area contributed by atoms with E-state index in [4.69, 9.17) is 10.00 Å². The highest BCUT2D eigenvalue weighted by atomic mass is 19.3. The monoisotopic (exact) mass is 239 g/mol. The zero-order valence-corrected chi connectivity index (χ0v) is 9.46. The van der Waals surface area contributed by atoms with Gasteiger partial charge in [0.15, 0.2) is 5.78 Å². The number of nitriles is 1. The second kappa shape index (κ2) is 5.39. The summed E-state index contributed by atoms with van der Waals surface area (Å²) < 4.78 is 30.7. The van der Waals surface area contributed by atoms with Gasteiger partial charge in [-0.3, -0.25) is 4.79 Å². The van der Waals surface area contributed by atoms with Crippen LogP contribution in [-0.2, 0) is 0 Å². The van der Waals surface area contributed by atoms with E-state index in [0.29, 0.717) is 0 Å². The van der Waals surface area contributed by atoms with Gasteiger partial charge in [0.1, 0.15) is 11.8 Å². The SMILES string of the molecule is CCOc1c(C#N)cc(C(C)=O)cc1C(F)F. The third kappa shape index (κ3) is 2.78. The minimum Gasteiger partial charge on any atom is -0.492 e. The van der Waals surface area contributed by atoms with Gasteiger partial charge < -0.3 is 4.74 Å². The molecule has 0 aliphatic carbocycles. The number of ketones is 1. The number of Topliss-reactive ketones (excluding diaryl/α,β-unsaturated/α-hetero) is 1. The lowest BCUT2D eigenvalue weighted by molar-refractivity contribution is 0.101. The Morgan fingerprint density at radius 1 is 1.53 bits per heavy atom. The molecule has 0 radical (unpaired) electrons. The maximum absolute atomic E-state index is 12.8. The molecule has 0 heterocycles. The first-order valence-corrected chi connectivity index (χ1v) is 5.01. The maximum Gasteiger partial charge on any atom is 0.267 e. The van der Waals surface area contributed by atoms with Crippen molar-refractivity contribution in [3.63, 3.8) is 0 Å². The number of nitrogens with zero attached hydrogens (tertiary/aromatic N) is 1. The highest BCUT2D eigenvalue weighted by molar-refractivity contribution is 5.95. The Morgan fingerprint density at radius 2 is 2.18 bits per heavy atom. The molecule has 0 bridgehead atoms. The van der Waals surface area contributed by atoms with Crippen molar-refractivity contribution in [1.29, 1.82) is 5.26 Å². The largest absolute Gasteiger partial charge is 0.492 e. The summed E-state index contributed by atoms with van der Waals surface area (Å²) in [6.45, 7) is 3.06. The Bertz CT molecular complexity index is 478. The summed E-state index contributed by atoms with van der Waals surface area (Å²) in [7, 11) is 0. The Labute approximate surface area is 97.6 Å². The number of hydrogen-bond donors (Lipinski definition) is 0. The van der Waals surface area contributed by atoms with Gasteiger partial charge in [0.05, 0.1) is 17.7 Å². The van der Waals surface area contributed by atoms with Crippen LogP contribution in [0.3, 0.4) is 0 Å². The third-order valence-electron chi connectivity index (χ3n) is 2.17. The standard InChI is InChI=1S/C12H11F2NO2/c1-3-17-11-9(6-15)4-8(7(2)16)5-10(11)12(13)14/h4-5,12H,3H2,1-2H3. The van der Waals surface area contributed by atoms with Gasteiger partial charge in [-0.1, -0.05) is 0 Å². The fourth-order valence-electron chi connectivity index (χ4n) is 1.41. The first-order chi connectivity index (χ1) is 8.01. The first kappa shape index (κ1) is 13.1. The fourth-order valence-corrected chi connectivity index (χ4v) is 1.41. The number of ether oxygens (including phenoxy) is 1. The Balaban J connectivity index is 3.47. The molecule has 1 rings (SSSR count). The van der Waals surface area contributed by atoms with E-state index in [2.05, 4.69) is 0 Å². The molecule has 0 unspecified atom stereocenters. The van der Waals surface area contributed by atoms with Crippen LogP contribution in [0.4, 0.5) is 8.78 Å². The number of hydrogen-bond acceptors (Lipinski definition) is 3. The maximum atomic E-state index is 12.8. The molecule has 90 valence electrons. The molecule has 0 fully saturated rings. The molecule has 1 aromatic rings. The van der Waals surface area contributed by atoms with Crippen molar-refractivity contribution in [2.75, 3.05) is 6.61 Å². The third-order valence-corrected chi connectivity index (χ3v) is 2.17. The van der Waals surface area contributed by atoms with E-state index in [1.807, 2.05) is 0 Å². The van der Waals surface area contributed by atoms with E-state index in [1.54, 1.807) is 13.0 Å². The van der Waals surface area contributed by atoms with Crippen LogP contribution in [0.15, 0.2) is 12.1 Å². The summed E-state index contributed by atoms with van der Waals surface area (Å²) in [4.78, 5) is 11.2. The molecule has 0 atom stereocenters. The van der Waals surface area contributed by atoms with Crippen molar-refractivity contribution in [3.8, 4) is 11.8 Å². The highest BCUT2D eigenvalue weighted by Gasteiger charge is 2.20. The van der Waals surface area contributed by atoms with Crippen LogP contribution >= 0.6 is 0 Å². The number of benzene rings is 1. The Morgan fingerprint density at radius 3 is 2.59 bits per heavy atom. The molecule has 0 saturated carbocycles. The van der Waals surface area contributed by atoms with E-state index in [9.17, 15) is 13.6 Å². The number of halogens is 2. The quantitative estimate of drug-likeness (QED) is 0.758. The van der Waals surface area contributed by atoms with E-state index in [-0.39, 0.29) is 29.3 Å². The van der Waals surface area contributed by atoms with Crippen molar-refractivity contribution in [3.05, 3.63) is 28.8 Å². The van der Waals surface area contributed by atoms with Crippen LogP contribution in [0.1, 0.15) is 41.8 Å². The topological polar surface area (TPSA) is 50.1 Å². The molecule has 0 aliphatic heterocycles. The smallest absolute Gasteiger partial charge is 0.267 e. The van der Waals surface area contributed by atoms with Crippen molar-refractivity contribution in [2.24, 2.45) is 0 Å².